The number of rotatable bonds is 3. The molecule has 0 N–H and O–H groups in total. The summed E-state index contributed by atoms with van der Waals surface area (Å²) in [4.78, 5) is 19.5. The molecule has 2 aliphatic rings. The van der Waals surface area contributed by atoms with Gasteiger partial charge in [0.15, 0.2) is 0 Å². The maximum Gasteiger partial charge on any atom is 0.433 e. The van der Waals surface area contributed by atoms with Gasteiger partial charge in [-0.15, -0.1) is 0 Å². The van der Waals surface area contributed by atoms with Gasteiger partial charge in [-0.05, 0) is 24.8 Å². The first kappa shape index (κ1) is 18.8. The maximum atomic E-state index is 12.7. The van der Waals surface area contributed by atoms with Crippen molar-refractivity contribution in [1.29, 1.82) is 0 Å². The van der Waals surface area contributed by atoms with E-state index in [0.717, 1.165) is 18.9 Å². The molecule has 3 heterocycles. The molecule has 0 bridgehead atoms. The van der Waals surface area contributed by atoms with E-state index in [9.17, 15) is 18.0 Å². The summed E-state index contributed by atoms with van der Waals surface area (Å²) in [6.45, 7) is 3.92. The lowest BCUT2D eigenvalue weighted by atomic mass is 9.98. The van der Waals surface area contributed by atoms with E-state index in [2.05, 4.69) is 4.98 Å². The van der Waals surface area contributed by atoms with Crippen LogP contribution in [0.1, 0.15) is 18.5 Å². The quantitative estimate of drug-likeness (QED) is 0.818. The largest absolute Gasteiger partial charge is 0.477 e. The number of ether oxygens (including phenoxy) is 2. The lowest BCUT2D eigenvalue weighted by Crippen LogP contribution is -2.50. The Labute approximate surface area is 149 Å². The Morgan fingerprint density at radius 1 is 1.15 bits per heavy atom. The minimum atomic E-state index is -4.48. The number of alkyl halides is 3. The van der Waals surface area contributed by atoms with Crippen LogP contribution in [0.2, 0.25) is 0 Å². The molecule has 0 unspecified atom stereocenters. The van der Waals surface area contributed by atoms with E-state index in [0.29, 0.717) is 46.0 Å². The van der Waals surface area contributed by atoms with Crippen molar-refractivity contribution in [3.8, 4) is 5.88 Å². The van der Waals surface area contributed by atoms with Crippen LogP contribution in [0.25, 0.3) is 0 Å². The summed E-state index contributed by atoms with van der Waals surface area (Å²) in [6, 6.07) is 3.66. The molecular weight excluding hydrogens is 351 g/mol. The van der Waals surface area contributed by atoms with Crippen molar-refractivity contribution in [2.75, 3.05) is 46.0 Å². The Morgan fingerprint density at radius 2 is 1.81 bits per heavy atom. The normalized spacial score (nSPS) is 19.5. The molecule has 9 heteroatoms. The van der Waals surface area contributed by atoms with Crippen LogP contribution in [-0.4, -0.2) is 66.8 Å². The molecule has 0 radical (unpaired) electrons. The van der Waals surface area contributed by atoms with Crippen molar-refractivity contribution in [3.05, 3.63) is 23.9 Å². The van der Waals surface area contributed by atoms with Gasteiger partial charge in [0.25, 0.3) is 0 Å². The number of morpholine rings is 1. The van der Waals surface area contributed by atoms with E-state index in [1.165, 1.54) is 12.1 Å². The van der Waals surface area contributed by atoms with Gasteiger partial charge in [-0.3, -0.25) is 0 Å². The van der Waals surface area contributed by atoms with E-state index in [4.69, 9.17) is 9.47 Å². The highest BCUT2D eigenvalue weighted by molar-refractivity contribution is 5.74. The Bertz CT molecular complexity index is 613. The van der Waals surface area contributed by atoms with Gasteiger partial charge >= 0.3 is 12.2 Å². The average Bonchev–Trinajstić information content (AvgIpc) is 2.66. The highest BCUT2D eigenvalue weighted by Crippen LogP contribution is 2.29. The second-order valence-electron chi connectivity index (χ2n) is 6.48. The van der Waals surface area contributed by atoms with Gasteiger partial charge in [0.05, 0.1) is 19.8 Å². The monoisotopic (exact) mass is 373 g/mol. The molecule has 2 amide bonds. The standard InChI is InChI=1S/C17H22F3N3O3/c18-17(19,20)14-2-1-3-15(21-14)26-12-13-4-6-22(7-5-13)16(24)23-8-10-25-11-9-23/h1-3,13H,4-12H2. The predicted octanol–water partition coefficient (Wildman–Crippen LogP) is 2.64. The SMILES string of the molecule is O=C(N1CCOCC1)N1CCC(COc2cccc(C(F)(F)F)n2)CC1. The molecule has 0 spiro atoms. The number of piperidine rings is 1. The summed E-state index contributed by atoms with van der Waals surface area (Å²) in [5.41, 5.74) is -0.957. The highest BCUT2D eigenvalue weighted by atomic mass is 19.4. The molecule has 26 heavy (non-hydrogen) atoms. The number of hydrogen-bond donors (Lipinski definition) is 0. The van der Waals surface area contributed by atoms with E-state index in [-0.39, 0.29) is 17.8 Å². The summed E-state index contributed by atoms with van der Waals surface area (Å²) in [5, 5.41) is 0. The van der Waals surface area contributed by atoms with Crippen molar-refractivity contribution in [3.63, 3.8) is 0 Å². The van der Waals surface area contributed by atoms with Gasteiger partial charge < -0.3 is 19.3 Å². The molecule has 2 saturated heterocycles. The second kappa shape index (κ2) is 8.11. The Kier molecular flexibility index (Phi) is 5.85. The van der Waals surface area contributed by atoms with Crippen molar-refractivity contribution in [1.82, 2.24) is 14.8 Å². The lowest BCUT2D eigenvalue weighted by molar-refractivity contribution is -0.141. The molecule has 0 atom stereocenters. The van der Waals surface area contributed by atoms with Crippen LogP contribution >= 0.6 is 0 Å². The zero-order chi connectivity index (χ0) is 18.6. The molecule has 1 aromatic rings. The molecule has 0 aliphatic carbocycles. The lowest BCUT2D eigenvalue weighted by Gasteiger charge is -2.37. The fraction of sp³-hybridized carbons (Fsp3) is 0.647. The highest BCUT2D eigenvalue weighted by Gasteiger charge is 2.33. The van der Waals surface area contributed by atoms with Gasteiger partial charge in [0.2, 0.25) is 5.88 Å². The number of urea groups is 1. The van der Waals surface area contributed by atoms with E-state index in [1.807, 2.05) is 4.90 Å². The molecular formula is C17H22F3N3O3. The zero-order valence-corrected chi connectivity index (χ0v) is 14.4. The first-order valence-corrected chi connectivity index (χ1v) is 8.72. The van der Waals surface area contributed by atoms with E-state index >= 15 is 0 Å². The van der Waals surface area contributed by atoms with E-state index < -0.39 is 11.9 Å². The van der Waals surface area contributed by atoms with Crippen molar-refractivity contribution < 1.29 is 27.4 Å². The first-order valence-electron chi connectivity index (χ1n) is 8.72. The maximum absolute atomic E-state index is 12.7. The zero-order valence-electron chi connectivity index (χ0n) is 14.4. The minimum Gasteiger partial charge on any atom is -0.477 e. The van der Waals surface area contributed by atoms with Crippen LogP contribution in [0.3, 0.4) is 0 Å². The van der Waals surface area contributed by atoms with Crippen LogP contribution in [-0.2, 0) is 10.9 Å². The van der Waals surface area contributed by atoms with Crippen molar-refractivity contribution in [2.45, 2.75) is 19.0 Å². The minimum absolute atomic E-state index is 0.0216. The average molecular weight is 373 g/mol. The van der Waals surface area contributed by atoms with Crippen LogP contribution in [0.5, 0.6) is 5.88 Å². The smallest absolute Gasteiger partial charge is 0.433 e. The number of amides is 2. The third kappa shape index (κ3) is 4.78. The van der Waals surface area contributed by atoms with Gasteiger partial charge in [-0.25, -0.2) is 9.78 Å². The van der Waals surface area contributed by atoms with Crippen LogP contribution in [0, 0.1) is 5.92 Å². The Balaban J connectivity index is 1.45. The van der Waals surface area contributed by atoms with Gasteiger partial charge in [-0.2, -0.15) is 13.2 Å². The number of pyridine rings is 1. The summed E-state index contributed by atoms with van der Waals surface area (Å²) in [7, 11) is 0. The molecule has 0 saturated carbocycles. The molecule has 0 aromatic carbocycles. The summed E-state index contributed by atoms with van der Waals surface area (Å²) in [5.74, 6) is 0.173. The number of nitrogens with zero attached hydrogens (tertiary/aromatic N) is 3. The number of likely N-dealkylation sites (tertiary alicyclic amines) is 1. The van der Waals surface area contributed by atoms with Crippen LogP contribution < -0.4 is 4.74 Å². The Hall–Kier alpha value is -2.03. The molecule has 3 rings (SSSR count). The molecule has 1 aromatic heterocycles. The first-order chi connectivity index (χ1) is 12.4. The third-order valence-electron chi connectivity index (χ3n) is 4.65. The number of halogens is 3. The van der Waals surface area contributed by atoms with Gasteiger partial charge in [-0.1, -0.05) is 6.07 Å². The fourth-order valence-corrected chi connectivity index (χ4v) is 3.10. The van der Waals surface area contributed by atoms with Crippen LogP contribution in [0.15, 0.2) is 18.2 Å². The topological polar surface area (TPSA) is 54.9 Å². The third-order valence-corrected chi connectivity index (χ3v) is 4.65. The second-order valence-corrected chi connectivity index (χ2v) is 6.48. The predicted molar refractivity (Wildman–Crippen MR) is 86.8 cm³/mol. The summed E-state index contributed by atoms with van der Waals surface area (Å²) in [6.07, 6.45) is -2.96. The molecule has 2 fully saturated rings. The molecule has 6 nitrogen and oxygen atoms in total. The molecule has 2 aliphatic heterocycles. The number of hydrogen-bond acceptors (Lipinski definition) is 4. The number of aromatic nitrogens is 1. The number of carbonyl (C=O) groups is 1. The van der Waals surface area contributed by atoms with Crippen molar-refractivity contribution in [2.24, 2.45) is 5.92 Å². The van der Waals surface area contributed by atoms with Gasteiger partial charge in [0, 0.05) is 32.2 Å². The van der Waals surface area contributed by atoms with Crippen LogP contribution in [0.4, 0.5) is 18.0 Å². The summed E-state index contributed by atoms with van der Waals surface area (Å²) < 4.78 is 48.7. The number of carbonyl (C=O) groups excluding carboxylic acids is 1. The molecule has 144 valence electrons. The summed E-state index contributed by atoms with van der Waals surface area (Å²) >= 11 is 0. The van der Waals surface area contributed by atoms with Crippen molar-refractivity contribution >= 4 is 6.03 Å². The Morgan fingerprint density at radius 3 is 2.46 bits per heavy atom. The fourth-order valence-electron chi connectivity index (χ4n) is 3.10. The van der Waals surface area contributed by atoms with Gasteiger partial charge in [0.1, 0.15) is 5.69 Å². The van der Waals surface area contributed by atoms with E-state index in [1.54, 1.807) is 4.90 Å².